The molecule has 1 aliphatic heterocycles. The molecule has 2 atom stereocenters. The van der Waals surface area contributed by atoms with Crippen LogP contribution in [0.25, 0.3) is 5.57 Å². The lowest BCUT2D eigenvalue weighted by Crippen LogP contribution is -2.45. The van der Waals surface area contributed by atoms with Crippen molar-refractivity contribution in [3.8, 4) is 0 Å². The molecule has 174 valence electrons. The number of aliphatic hydroxyl groups excluding tert-OH is 1. The van der Waals surface area contributed by atoms with Crippen LogP contribution in [0.3, 0.4) is 0 Å². The second kappa shape index (κ2) is 10.6. The molecule has 3 aromatic rings. The molecule has 0 saturated heterocycles. The van der Waals surface area contributed by atoms with Gasteiger partial charge < -0.3 is 10.4 Å². The Morgan fingerprint density at radius 3 is 2.56 bits per heavy atom. The van der Waals surface area contributed by atoms with Crippen molar-refractivity contribution in [1.29, 1.82) is 0 Å². The van der Waals surface area contributed by atoms with E-state index in [0.29, 0.717) is 28.7 Å². The zero-order valence-corrected chi connectivity index (χ0v) is 18.7. The van der Waals surface area contributed by atoms with Crippen molar-refractivity contribution < 1.29 is 18.7 Å². The molecule has 4 rings (SSSR count). The summed E-state index contributed by atoms with van der Waals surface area (Å²) >= 11 is 6.45. The van der Waals surface area contributed by atoms with E-state index in [-0.39, 0.29) is 17.8 Å². The highest BCUT2D eigenvalue weighted by molar-refractivity contribution is 6.37. The average molecular weight is 483 g/mol. The molecule has 9 heteroatoms. The predicted molar refractivity (Wildman–Crippen MR) is 126 cm³/mol. The van der Waals surface area contributed by atoms with Crippen LogP contribution in [0.1, 0.15) is 27.3 Å². The van der Waals surface area contributed by atoms with Crippen LogP contribution in [0.5, 0.6) is 0 Å². The maximum Gasteiger partial charge on any atom is 0.252 e. The van der Waals surface area contributed by atoms with Crippen LogP contribution in [0.2, 0.25) is 5.02 Å². The van der Waals surface area contributed by atoms with E-state index in [9.17, 15) is 18.7 Å². The fraction of sp³-hybridized carbons (Fsp3) is 0.200. The van der Waals surface area contributed by atoms with Gasteiger partial charge in [0.15, 0.2) is 0 Å². The van der Waals surface area contributed by atoms with Crippen molar-refractivity contribution in [1.82, 2.24) is 15.3 Å². The minimum atomic E-state index is -1.72. The number of carbonyl (C=O) groups excluding carboxylic acids is 1. The molecule has 34 heavy (non-hydrogen) atoms. The summed E-state index contributed by atoms with van der Waals surface area (Å²) in [5.74, 6) is -0.568. The van der Waals surface area contributed by atoms with Crippen molar-refractivity contribution in [3.63, 3.8) is 0 Å². The summed E-state index contributed by atoms with van der Waals surface area (Å²) in [5.41, 5.74) is 2.78. The fourth-order valence-electron chi connectivity index (χ4n) is 3.66. The average Bonchev–Trinajstić information content (AvgIpc) is 3.33. The first kappa shape index (κ1) is 23.7. The van der Waals surface area contributed by atoms with Gasteiger partial charge in [-0.05, 0) is 47.5 Å². The SMILES string of the molecule is O=C(N[C@H](Cc1ncccn1)[C@H](F)CO)c1cccc(Cl)c1C1=NCC(c2ccc(F)cc2)=C1. The second-order valence-corrected chi connectivity index (χ2v) is 8.10. The molecule has 6 nitrogen and oxygen atoms in total. The molecule has 2 N–H and O–H groups in total. The third-order valence-electron chi connectivity index (χ3n) is 5.41. The number of benzene rings is 2. The van der Waals surface area contributed by atoms with Gasteiger partial charge in [0.1, 0.15) is 17.8 Å². The van der Waals surface area contributed by atoms with Crippen LogP contribution >= 0.6 is 11.6 Å². The Balaban J connectivity index is 1.60. The highest BCUT2D eigenvalue weighted by Gasteiger charge is 2.27. The van der Waals surface area contributed by atoms with E-state index in [2.05, 4.69) is 20.3 Å². The Bertz CT molecular complexity index is 1230. The topological polar surface area (TPSA) is 87.5 Å². The molecule has 2 aromatic carbocycles. The van der Waals surface area contributed by atoms with Crippen LogP contribution in [-0.4, -0.2) is 52.1 Å². The number of allylic oxidation sites excluding steroid dienone is 1. The van der Waals surface area contributed by atoms with Gasteiger partial charge in [-0.1, -0.05) is 29.8 Å². The number of aliphatic imine (C=N–C) groups is 1. The maximum absolute atomic E-state index is 14.5. The highest BCUT2D eigenvalue weighted by atomic mass is 35.5. The quantitative estimate of drug-likeness (QED) is 0.511. The van der Waals surface area contributed by atoms with Gasteiger partial charge in [-0.3, -0.25) is 9.79 Å². The van der Waals surface area contributed by atoms with Crippen molar-refractivity contribution in [3.05, 3.63) is 100 Å². The van der Waals surface area contributed by atoms with E-state index >= 15 is 0 Å². The number of amides is 1. The molecule has 0 aliphatic carbocycles. The van der Waals surface area contributed by atoms with Crippen LogP contribution < -0.4 is 5.32 Å². The molecule has 0 bridgehead atoms. The van der Waals surface area contributed by atoms with Gasteiger partial charge in [-0.25, -0.2) is 18.7 Å². The summed E-state index contributed by atoms with van der Waals surface area (Å²) in [7, 11) is 0. The summed E-state index contributed by atoms with van der Waals surface area (Å²) in [4.78, 5) is 25.9. The molecule has 0 saturated carbocycles. The first-order valence-corrected chi connectivity index (χ1v) is 11.0. The smallest absolute Gasteiger partial charge is 0.252 e. The molecule has 1 aromatic heterocycles. The monoisotopic (exact) mass is 482 g/mol. The van der Waals surface area contributed by atoms with Crippen molar-refractivity contribution in [2.75, 3.05) is 13.2 Å². The number of halogens is 3. The zero-order valence-electron chi connectivity index (χ0n) is 18.0. The van der Waals surface area contributed by atoms with Gasteiger partial charge in [-0.2, -0.15) is 0 Å². The lowest BCUT2D eigenvalue weighted by molar-refractivity contribution is 0.0868. The van der Waals surface area contributed by atoms with E-state index in [4.69, 9.17) is 11.6 Å². The zero-order chi connectivity index (χ0) is 24.1. The van der Waals surface area contributed by atoms with Gasteiger partial charge >= 0.3 is 0 Å². The van der Waals surface area contributed by atoms with Crippen LogP contribution in [0.4, 0.5) is 8.78 Å². The maximum atomic E-state index is 14.5. The minimum absolute atomic E-state index is 0.000228. The number of rotatable bonds is 8. The number of nitrogens with one attached hydrogen (secondary N) is 1. The Hall–Kier alpha value is -3.49. The van der Waals surface area contributed by atoms with Crippen LogP contribution in [0, 0.1) is 5.82 Å². The Kier molecular flexibility index (Phi) is 7.40. The molecular weight excluding hydrogens is 462 g/mol. The fourth-order valence-corrected chi connectivity index (χ4v) is 3.94. The number of hydrogen-bond acceptors (Lipinski definition) is 5. The predicted octanol–water partition coefficient (Wildman–Crippen LogP) is 3.83. The lowest BCUT2D eigenvalue weighted by atomic mass is 9.99. The van der Waals surface area contributed by atoms with Crippen molar-refractivity contribution >= 4 is 28.8 Å². The summed E-state index contributed by atoms with van der Waals surface area (Å²) in [6.45, 7) is -0.422. The summed E-state index contributed by atoms with van der Waals surface area (Å²) < 4.78 is 27.8. The van der Waals surface area contributed by atoms with Crippen molar-refractivity contribution in [2.24, 2.45) is 4.99 Å². The first-order chi connectivity index (χ1) is 16.5. The number of carbonyl (C=O) groups is 1. The molecule has 0 radical (unpaired) electrons. The molecule has 0 spiro atoms. The van der Waals surface area contributed by atoms with E-state index in [1.165, 1.54) is 24.5 Å². The van der Waals surface area contributed by atoms with Crippen LogP contribution in [-0.2, 0) is 6.42 Å². The Morgan fingerprint density at radius 1 is 1.12 bits per heavy atom. The molecular formula is C25H21ClF2N4O2. The number of alkyl halides is 1. The highest BCUT2D eigenvalue weighted by Crippen LogP contribution is 2.28. The van der Waals surface area contributed by atoms with Gasteiger partial charge in [0.05, 0.1) is 35.5 Å². The van der Waals surface area contributed by atoms with E-state index in [1.807, 2.05) is 0 Å². The molecule has 0 fully saturated rings. The standard InChI is InChI=1S/C25H21ClF2N4O2/c26-19-4-1-3-18(24(19)22-11-16(13-31-22)15-5-7-17(27)8-6-15)25(34)32-21(20(28)14-33)12-23-29-9-2-10-30-23/h1-11,20-21,33H,12-14H2,(H,32,34)/t20-,21-/m1/s1. The van der Waals surface area contributed by atoms with Gasteiger partial charge in [0, 0.05) is 24.4 Å². The molecule has 2 heterocycles. The molecule has 1 amide bonds. The normalized spacial score (nSPS) is 14.8. The van der Waals surface area contributed by atoms with Gasteiger partial charge in [0.2, 0.25) is 0 Å². The number of aromatic nitrogens is 2. The summed E-state index contributed by atoms with van der Waals surface area (Å²) in [6.07, 6.45) is 3.12. The third kappa shape index (κ3) is 5.35. The molecule has 0 unspecified atom stereocenters. The van der Waals surface area contributed by atoms with E-state index < -0.39 is 24.7 Å². The summed E-state index contributed by atoms with van der Waals surface area (Å²) in [5, 5.41) is 12.3. The van der Waals surface area contributed by atoms with Crippen molar-refractivity contribution in [2.45, 2.75) is 18.6 Å². The Labute approximate surface area is 200 Å². The van der Waals surface area contributed by atoms with E-state index in [0.717, 1.165) is 11.1 Å². The summed E-state index contributed by atoms with van der Waals surface area (Å²) in [6, 6.07) is 11.5. The molecule has 1 aliphatic rings. The van der Waals surface area contributed by atoms with E-state index in [1.54, 1.807) is 42.5 Å². The van der Waals surface area contributed by atoms with Crippen LogP contribution in [0.15, 0.2) is 72.0 Å². The van der Waals surface area contributed by atoms with Gasteiger partial charge in [-0.15, -0.1) is 0 Å². The lowest BCUT2D eigenvalue weighted by Gasteiger charge is -2.21. The van der Waals surface area contributed by atoms with Gasteiger partial charge in [0.25, 0.3) is 5.91 Å². The first-order valence-electron chi connectivity index (χ1n) is 10.6. The third-order valence-corrected chi connectivity index (χ3v) is 5.72. The second-order valence-electron chi connectivity index (χ2n) is 7.69. The largest absolute Gasteiger partial charge is 0.393 e. The Morgan fingerprint density at radius 2 is 1.85 bits per heavy atom. The number of nitrogens with zero attached hydrogens (tertiary/aromatic N) is 3. The number of hydrogen-bond donors (Lipinski definition) is 2. The number of aliphatic hydroxyl groups is 1. The minimum Gasteiger partial charge on any atom is -0.393 e.